The highest BCUT2D eigenvalue weighted by molar-refractivity contribution is 6.35. The van der Waals surface area contributed by atoms with E-state index >= 15 is 0 Å². The predicted molar refractivity (Wildman–Crippen MR) is 84.5 cm³/mol. The van der Waals surface area contributed by atoms with E-state index in [2.05, 4.69) is 15.6 Å². The summed E-state index contributed by atoms with van der Waals surface area (Å²) >= 11 is 11.9. The fraction of sp³-hybridized carbons (Fsp3) is 0.200. The first-order valence-electron chi connectivity index (χ1n) is 6.44. The Morgan fingerprint density at radius 2 is 1.95 bits per heavy atom. The smallest absolute Gasteiger partial charge is 0.315 e. The van der Waals surface area contributed by atoms with Gasteiger partial charge in [-0.3, -0.25) is 4.98 Å². The van der Waals surface area contributed by atoms with Crippen molar-refractivity contribution in [2.24, 2.45) is 0 Å². The maximum absolute atomic E-state index is 11.9. The minimum atomic E-state index is -0.259. The van der Waals surface area contributed by atoms with Gasteiger partial charge in [-0.1, -0.05) is 29.3 Å². The van der Waals surface area contributed by atoms with E-state index in [1.165, 1.54) is 0 Å². The third kappa shape index (κ3) is 4.62. The Morgan fingerprint density at radius 1 is 1.24 bits per heavy atom. The standard InChI is InChI=1S/C15H15Cl2N3O/c1-10(11-4-6-18-7-5-11)20-15(21)19-9-12-2-3-13(16)8-14(12)17/h2-8,10H,9H2,1H3,(H2,19,20,21)/t10-/m1/s1. The molecule has 110 valence electrons. The first-order chi connectivity index (χ1) is 10.1. The number of hydrogen-bond acceptors (Lipinski definition) is 2. The molecule has 0 saturated carbocycles. The van der Waals surface area contributed by atoms with Gasteiger partial charge in [0.05, 0.1) is 6.04 Å². The van der Waals surface area contributed by atoms with E-state index in [0.29, 0.717) is 16.6 Å². The number of nitrogens with one attached hydrogen (secondary N) is 2. The van der Waals surface area contributed by atoms with Crippen molar-refractivity contribution in [3.63, 3.8) is 0 Å². The van der Waals surface area contributed by atoms with E-state index in [1.54, 1.807) is 30.6 Å². The van der Waals surface area contributed by atoms with Crippen LogP contribution in [-0.4, -0.2) is 11.0 Å². The van der Waals surface area contributed by atoms with Gasteiger partial charge in [-0.05, 0) is 42.3 Å². The number of carbonyl (C=O) groups is 1. The van der Waals surface area contributed by atoms with Gasteiger partial charge in [0.1, 0.15) is 0 Å². The van der Waals surface area contributed by atoms with E-state index < -0.39 is 0 Å². The van der Waals surface area contributed by atoms with E-state index in [1.807, 2.05) is 19.1 Å². The van der Waals surface area contributed by atoms with Gasteiger partial charge >= 0.3 is 6.03 Å². The molecular weight excluding hydrogens is 309 g/mol. The first-order valence-corrected chi connectivity index (χ1v) is 7.20. The summed E-state index contributed by atoms with van der Waals surface area (Å²) in [6, 6.07) is 8.54. The van der Waals surface area contributed by atoms with Crippen molar-refractivity contribution < 1.29 is 4.79 Å². The van der Waals surface area contributed by atoms with Gasteiger partial charge in [-0.15, -0.1) is 0 Å². The molecule has 0 saturated heterocycles. The Kier molecular flexibility index (Phi) is 5.42. The van der Waals surface area contributed by atoms with Gasteiger partial charge in [0.2, 0.25) is 0 Å². The Balaban J connectivity index is 1.87. The summed E-state index contributed by atoms with van der Waals surface area (Å²) in [4.78, 5) is 15.8. The molecule has 0 aliphatic carbocycles. The third-order valence-electron chi connectivity index (χ3n) is 3.01. The van der Waals surface area contributed by atoms with Gasteiger partial charge in [0.25, 0.3) is 0 Å². The number of halogens is 2. The second-order valence-electron chi connectivity index (χ2n) is 4.56. The molecule has 0 bridgehead atoms. The van der Waals surface area contributed by atoms with Crippen LogP contribution in [0.1, 0.15) is 24.1 Å². The summed E-state index contributed by atoms with van der Waals surface area (Å²) in [6.45, 7) is 2.25. The fourth-order valence-corrected chi connectivity index (χ4v) is 2.30. The maximum atomic E-state index is 11.9. The molecule has 1 atom stereocenters. The van der Waals surface area contributed by atoms with Crippen LogP contribution in [0.5, 0.6) is 0 Å². The van der Waals surface area contributed by atoms with Crippen LogP contribution >= 0.6 is 23.2 Å². The molecule has 0 unspecified atom stereocenters. The van der Waals surface area contributed by atoms with Crippen molar-refractivity contribution in [1.29, 1.82) is 0 Å². The van der Waals surface area contributed by atoms with E-state index in [4.69, 9.17) is 23.2 Å². The molecule has 2 aromatic rings. The Labute approximate surface area is 133 Å². The quantitative estimate of drug-likeness (QED) is 0.895. The van der Waals surface area contributed by atoms with Crippen LogP contribution < -0.4 is 10.6 Å². The lowest BCUT2D eigenvalue weighted by Crippen LogP contribution is -2.36. The average Bonchev–Trinajstić information content (AvgIpc) is 2.47. The summed E-state index contributed by atoms with van der Waals surface area (Å²) in [7, 11) is 0. The summed E-state index contributed by atoms with van der Waals surface area (Å²) in [6.07, 6.45) is 3.39. The SMILES string of the molecule is C[C@@H](NC(=O)NCc1ccc(Cl)cc1Cl)c1ccncc1. The highest BCUT2D eigenvalue weighted by Crippen LogP contribution is 2.20. The maximum Gasteiger partial charge on any atom is 0.315 e. The van der Waals surface area contributed by atoms with Crippen LogP contribution in [0.4, 0.5) is 4.79 Å². The molecule has 0 aliphatic heterocycles. The Bertz CT molecular complexity index is 620. The Hall–Kier alpha value is -1.78. The van der Waals surface area contributed by atoms with Gasteiger partial charge in [-0.25, -0.2) is 4.79 Å². The monoisotopic (exact) mass is 323 g/mol. The lowest BCUT2D eigenvalue weighted by atomic mass is 10.1. The number of urea groups is 1. The number of rotatable bonds is 4. The molecular formula is C15H15Cl2N3O. The number of benzene rings is 1. The lowest BCUT2D eigenvalue weighted by Gasteiger charge is -2.15. The Morgan fingerprint density at radius 3 is 2.62 bits per heavy atom. The minimum Gasteiger partial charge on any atom is -0.334 e. The molecule has 2 rings (SSSR count). The number of nitrogens with zero attached hydrogens (tertiary/aromatic N) is 1. The normalized spacial score (nSPS) is 11.8. The van der Waals surface area contributed by atoms with Gasteiger partial charge in [0, 0.05) is 29.0 Å². The number of pyridine rings is 1. The van der Waals surface area contributed by atoms with Gasteiger partial charge in [0.15, 0.2) is 0 Å². The molecule has 1 aromatic heterocycles. The van der Waals surface area contributed by atoms with Crippen molar-refractivity contribution in [3.05, 3.63) is 63.9 Å². The topological polar surface area (TPSA) is 54.0 Å². The van der Waals surface area contributed by atoms with Crippen LogP contribution in [0.25, 0.3) is 0 Å². The summed E-state index contributed by atoms with van der Waals surface area (Å²) in [5, 5.41) is 6.72. The summed E-state index contributed by atoms with van der Waals surface area (Å²) < 4.78 is 0. The van der Waals surface area contributed by atoms with Crippen molar-refractivity contribution in [2.45, 2.75) is 19.5 Å². The lowest BCUT2D eigenvalue weighted by molar-refractivity contribution is 0.237. The zero-order chi connectivity index (χ0) is 15.2. The van der Waals surface area contributed by atoms with Crippen LogP contribution in [0.15, 0.2) is 42.7 Å². The predicted octanol–water partition coefficient (Wildman–Crippen LogP) is 3.95. The number of hydrogen-bond donors (Lipinski definition) is 2. The summed E-state index contributed by atoms with van der Waals surface area (Å²) in [5.74, 6) is 0. The molecule has 6 heteroatoms. The van der Waals surface area contributed by atoms with Crippen molar-refractivity contribution in [1.82, 2.24) is 15.6 Å². The van der Waals surface area contributed by atoms with Crippen molar-refractivity contribution in [3.8, 4) is 0 Å². The average molecular weight is 324 g/mol. The van der Waals surface area contributed by atoms with Crippen molar-refractivity contribution in [2.75, 3.05) is 0 Å². The fourth-order valence-electron chi connectivity index (χ4n) is 1.82. The van der Waals surface area contributed by atoms with E-state index in [9.17, 15) is 4.79 Å². The van der Waals surface area contributed by atoms with Crippen LogP contribution in [-0.2, 0) is 6.54 Å². The molecule has 0 fully saturated rings. The zero-order valence-electron chi connectivity index (χ0n) is 11.4. The minimum absolute atomic E-state index is 0.103. The largest absolute Gasteiger partial charge is 0.334 e. The van der Waals surface area contributed by atoms with Gasteiger partial charge < -0.3 is 10.6 Å². The molecule has 0 radical (unpaired) electrons. The first kappa shape index (κ1) is 15.6. The van der Waals surface area contributed by atoms with Crippen molar-refractivity contribution >= 4 is 29.2 Å². The van der Waals surface area contributed by atoms with E-state index in [-0.39, 0.29) is 12.1 Å². The molecule has 4 nitrogen and oxygen atoms in total. The van der Waals surface area contributed by atoms with Crippen LogP contribution in [0.3, 0.4) is 0 Å². The molecule has 1 heterocycles. The van der Waals surface area contributed by atoms with E-state index in [0.717, 1.165) is 11.1 Å². The third-order valence-corrected chi connectivity index (χ3v) is 3.60. The second kappa shape index (κ2) is 7.29. The highest BCUT2D eigenvalue weighted by Gasteiger charge is 2.09. The van der Waals surface area contributed by atoms with Crippen LogP contribution in [0.2, 0.25) is 10.0 Å². The summed E-state index contributed by atoms with van der Waals surface area (Å²) in [5.41, 5.74) is 1.80. The number of carbonyl (C=O) groups excluding carboxylic acids is 1. The molecule has 2 N–H and O–H groups in total. The molecule has 0 aliphatic rings. The molecule has 0 spiro atoms. The second-order valence-corrected chi connectivity index (χ2v) is 5.41. The molecule has 21 heavy (non-hydrogen) atoms. The highest BCUT2D eigenvalue weighted by atomic mass is 35.5. The molecule has 2 amide bonds. The zero-order valence-corrected chi connectivity index (χ0v) is 12.9. The molecule has 1 aromatic carbocycles. The number of amides is 2. The van der Waals surface area contributed by atoms with Crippen LogP contribution in [0, 0.1) is 0 Å². The number of aromatic nitrogens is 1. The van der Waals surface area contributed by atoms with Gasteiger partial charge in [-0.2, -0.15) is 0 Å².